The quantitative estimate of drug-likeness (QED) is 0.568. The number of carbonyl (C=O) groups is 3. The first kappa shape index (κ1) is 19.0. The summed E-state index contributed by atoms with van der Waals surface area (Å²) in [4.78, 5) is 37.5. The smallest absolute Gasteiger partial charge is 0.328 e. The molecule has 1 N–H and O–H groups in total. The molecular formula is C14H20F3N3O3. The summed E-state index contributed by atoms with van der Waals surface area (Å²) in [6.45, 7) is 4.21. The van der Waals surface area contributed by atoms with Gasteiger partial charge in [0.05, 0.1) is 0 Å². The van der Waals surface area contributed by atoms with Crippen LogP contribution in [0.3, 0.4) is 0 Å². The van der Waals surface area contributed by atoms with Crippen LogP contribution in [0.2, 0.25) is 0 Å². The van der Waals surface area contributed by atoms with E-state index in [-0.39, 0.29) is 6.54 Å². The van der Waals surface area contributed by atoms with Crippen LogP contribution >= 0.6 is 0 Å². The fourth-order valence-electron chi connectivity index (χ4n) is 2.41. The summed E-state index contributed by atoms with van der Waals surface area (Å²) < 4.78 is 37.5. The van der Waals surface area contributed by atoms with Gasteiger partial charge in [-0.2, -0.15) is 13.2 Å². The van der Waals surface area contributed by atoms with Crippen LogP contribution in [-0.2, 0) is 9.59 Å². The first-order valence-electron chi connectivity index (χ1n) is 7.19. The van der Waals surface area contributed by atoms with Gasteiger partial charge in [-0.25, -0.2) is 4.79 Å². The lowest BCUT2D eigenvalue weighted by Gasteiger charge is -2.25. The van der Waals surface area contributed by atoms with Crippen molar-refractivity contribution in [2.45, 2.75) is 38.4 Å². The summed E-state index contributed by atoms with van der Waals surface area (Å²) in [7, 11) is 0. The fourth-order valence-corrected chi connectivity index (χ4v) is 2.41. The van der Waals surface area contributed by atoms with E-state index in [1.165, 1.54) is 0 Å². The molecular weight excluding hydrogens is 315 g/mol. The Labute approximate surface area is 132 Å². The molecule has 0 spiro atoms. The fraction of sp³-hybridized carbons (Fsp3) is 0.643. The van der Waals surface area contributed by atoms with Gasteiger partial charge in [-0.15, -0.1) is 6.58 Å². The van der Waals surface area contributed by atoms with E-state index >= 15 is 0 Å². The third kappa shape index (κ3) is 4.23. The number of alkyl halides is 3. The summed E-state index contributed by atoms with van der Waals surface area (Å²) in [5.41, 5.74) is -1.09. The van der Waals surface area contributed by atoms with Crippen molar-refractivity contribution in [1.82, 2.24) is 15.1 Å². The number of nitrogens with zero attached hydrogens (tertiary/aromatic N) is 2. The molecule has 0 aliphatic carbocycles. The number of imide groups is 1. The number of nitrogens with one attached hydrogen (secondary N) is 1. The molecule has 1 rings (SSSR count). The van der Waals surface area contributed by atoms with Crippen LogP contribution in [0.15, 0.2) is 12.7 Å². The normalized spacial score (nSPS) is 17.2. The number of rotatable bonds is 7. The minimum atomic E-state index is -4.58. The first-order valence-corrected chi connectivity index (χ1v) is 7.19. The largest absolute Gasteiger partial charge is 0.406 e. The Morgan fingerprint density at radius 2 is 1.91 bits per heavy atom. The number of amides is 4. The van der Waals surface area contributed by atoms with Crippen LogP contribution in [0.5, 0.6) is 0 Å². The van der Waals surface area contributed by atoms with Gasteiger partial charge in [0.1, 0.15) is 18.6 Å². The molecule has 130 valence electrons. The second-order valence-electron chi connectivity index (χ2n) is 5.29. The molecule has 23 heavy (non-hydrogen) atoms. The molecule has 1 fully saturated rings. The van der Waals surface area contributed by atoms with E-state index in [1.54, 1.807) is 13.8 Å². The highest BCUT2D eigenvalue weighted by Crippen LogP contribution is 2.25. The van der Waals surface area contributed by atoms with E-state index in [9.17, 15) is 27.6 Å². The van der Waals surface area contributed by atoms with Crippen molar-refractivity contribution in [3.8, 4) is 0 Å². The Morgan fingerprint density at radius 1 is 1.35 bits per heavy atom. The van der Waals surface area contributed by atoms with Gasteiger partial charge in [0, 0.05) is 6.54 Å². The molecule has 9 heteroatoms. The molecule has 0 radical (unpaired) electrons. The molecule has 0 aromatic carbocycles. The SMILES string of the molecule is C=CCN(CC(F)(F)F)C(=O)CN1C(=O)NC(CC)(CC)C1=O. The molecule has 0 aromatic heterocycles. The molecule has 1 aliphatic heterocycles. The Morgan fingerprint density at radius 3 is 2.30 bits per heavy atom. The van der Waals surface area contributed by atoms with Gasteiger partial charge in [0.2, 0.25) is 5.91 Å². The Kier molecular flexibility index (Phi) is 5.79. The molecule has 1 saturated heterocycles. The zero-order valence-corrected chi connectivity index (χ0v) is 13.1. The zero-order chi connectivity index (χ0) is 17.8. The van der Waals surface area contributed by atoms with E-state index in [0.29, 0.717) is 22.6 Å². The molecule has 0 unspecified atom stereocenters. The topological polar surface area (TPSA) is 69.7 Å². The van der Waals surface area contributed by atoms with Crippen LogP contribution in [-0.4, -0.2) is 59.0 Å². The highest BCUT2D eigenvalue weighted by molar-refractivity contribution is 6.08. The van der Waals surface area contributed by atoms with Crippen molar-refractivity contribution >= 4 is 17.8 Å². The summed E-state index contributed by atoms with van der Waals surface area (Å²) in [6, 6.07) is -0.766. The van der Waals surface area contributed by atoms with E-state index < -0.39 is 42.7 Å². The Hall–Kier alpha value is -2.06. The third-order valence-electron chi connectivity index (χ3n) is 3.82. The lowest BCUT2D eigenvalue weighted by atomic mass is 9.93. The van der Waals surface area contributed by atoms with Gasteiger partial charge >= 0.3 is 12.2 Å². The van der Waals surface area contributed by atoms with Crippen LogP contribution in [0.25, 0.3) is 0 Å². The lowest BCUT2D eigenvalue weighted by Crippen LogP contribution is -2.48. The van der Waals surface area contributed by atoms with Crippen molar-refractivity contribution in [2.24, 2.45) is 0 Å². The molecule has 0 atom stereocenters. The van der Waals surface area contributed by atoms with Gasteiger partial charge in [0.25, 0.3) is 5.91 Å². The maximum absolute atomic E-state index is 12.5. The van der Waals surface area contributed by atoms with Crippen LogP contribution < -0.4 is 5.32 Å². The van der Waals surface area contributed by atoms with E-state index in [4.69, 9.17) is 0 Å². The lowest BCUT2D eigenvalue weighted by molar-refractivity contribution is -0.161. The standard InChI is InChI=1S/C14H20F3N3O3/c1-4-7-19(9-14(15,16)17)10(21)8-20-11(22)13(5-2,6-3)18-12(20)23/h4H,1,5-9H2,2-3H3,(H,18,23). The minimum Gasteiger partial charge on any atom is -0.328 e. The molecule has 0 saturated carbocycles. The Balaban J connectivity index is 2.88. The molecule has 1 heterocycles. The van der Waals surface area contributed by atoms with E-state index in [0.717, 1.165) is 6.08 Å². The summed E-state index contributed by atoms with van der Waals surface area (Å²) in [5.74, 6) is -1.56. The Bertz CT molecular complexity index is 501. The number of hydrogen-bond acceptors (Lipinski definition) is 3. The highest BCUT2D eigenvalue weighted by atomic mass is 19.4. The summed E-state index contributed by atoms with van der Waals surface area (Å²) >= 11 is 0. The number of urea groups is 1. The van der Waals surface area contributed by atoms with Gasteiger partial charge in [-0.05, 0) is 12.8 Å². The van der Waals surface area contributed by atoms with Crippen molar-refractivity contribution in [1.29, 1.82) is 0 Å². The van der Waals surface area contributed by atoms with Gasteiger partial charge in [0.15, 0.2) is 0 Å². The molecule has 0 aromatic rings. The molecule has 6 nitrogen and oxygen atoms in total. The predicted octanol–water partition coefficient (Wildman–Crippen LogP) is 1.67. The van der Waals surface area contributed by atoms with Crippen molar-refractivity contribution in [2.75, 3.05) is 19.6 Å². The van der Waals surface area contributed by atoms with E-state index in [1.807, 2.05) is 0 Å². The molecule has 1 aliphatic rings. The minimum absolute atomic E-state index is 0.325. The molecule has 4 amide bonds. The third-order valence-corrected chi connectivity index (χ3v) is 3.82. The maximum atomic E-state index is 12.5. The second-order valence-corrected chi connectivity index (χ2v) is 5.29. The van der Waals surface area contributed by atoms with Crippen LogP contribution in [0.4, 0.5) is 18.0 Å². The number of hydrogen-bond donors (Lipinski definition) is 1. The molecule has 0 bridgehead atoms. The number of carbonyl (C=O) groups excluding carboxylic acids is 3. The van der Waals surface area contributed by atoms with Crippen molar-refractivity contribution in [3.63, 3.8) is 0 Å². The second kappa shape index (κ2) is 7.01. The van der Waals surface area contributed by atoms with E-state index in [2.05, 4.69) is 11.9 Å². The van der Waals surface area contributed by atoms with Crippen molar-refractivity contribution < 1.29 is 27.6 Å². The average molecular weight is 335 g/mol. The number of halogens is 3. The van der Waals surface area contributed by atoms with Crippen molar-refractivity contribution in [3.05, 3.63) is 12.7 Å². The van der Waals surface area contributed by atoms with Gasteiger partial charge < -0.3 is 10.2 Å². The summed E-state index contributed by atoms with van der Waals surface area (Å²) in [6.07, 6.45) is -2.76. The average Bonchev–Trinajstić information content (AvgIpc) is 2.70. The van der Waals surface area contributed by atoms with Crippen LogP contribution in [0.1, 0.15) is 26.7 Å². The van der Waals surface area contributed by atoms with Gasteiger partial charge in [-0.1, -0.05) is 19.9 Å². The first-order chi connectivity index (χ1) is 10.6. The maximum Gasteiger partial charge on any atom is 0.406 e. The highest BCUT2D eigenvalue weighted by Gasteiger charge is 2.49. The summed E-state index contributed by atoms with van der Waals surface area (Å²) in [5, 5.41) is 2.52. The zero-order valence-electron chi connectivity index (χ0n) is 13.1. The predicted molar refractivity (Wildman–Crippen MR) is 76.4 cm³/mol. The monoisotopic (exact) mass is 335 g/mol. The van der Waals surface area contributed by atoms with Gasteiger partial charge in [-0.3, -0.25) is 14.5 Å². The van der Waals surface area contributed by atoms with Crippen LogP contribution in [0, 0.1) is 0 Å².